The van der Waals surface area contributed by atoms with Crippen molar-refractivity contribution in [2.24, 2.45) is 0 Å². The lowest BCUT2D eigenvalue weighted by molar-refractivity contribution is -0.128. The average Bonchev–Trinajstić information content (AvgIpc) is 1.94. The Balaban J connectivity index is 2.68. The van der Waals surface area contributed by atoms with Gasteiger partial charge in [-0.2, -0.15) is 0 Å². The quantitative estimate of drug-likeness (QED) is 0.638. The molecule has 3 heteroatoms. The van der Waals surface area contributed by atoms with Gasteiger partial charge in [-0.25, -0.2) is 0 Å². The summed E-state index contributed by atoms with van der Waals surface area (Å²) in [7, 11) is 0. The van der Waals surface area contributed by atoms with Gasteiger partial charge < -0.3 is 4.90 Å². The lowest BCUT2D eigenvalue weighted by Crippen LogP contribution is -2.27. The summed E-state index contributed by atoms with van der Waals surface area (Å²) in [6.07, 6.45) is 3.37. The molecule has 0 fully saturated rings. The van der Waals surface area contributed by atoms with E-state index in [9.17, 15) is 4.79 Å². The Morgan fingerprint density at radius 3 is 2.90 bits per heavy atom. The van der Waals surface area contributed by atoms with Gasteiger partial charge in [0.2, 0.25) is 5.91 Å². The Kier molecular flexibility index (Phi) is 2.49. The van der Waals surface area contributed by atoms with E-state index >= 15 is 0 Å². The first kappa shape index (κ1) is 7.79. The van der Waals surface area contributed by atoms with Crippen molar-refractivity contribution in [1.82, 2.24) is 4.90 Å². The molecule has 0 aromatic carbocycles. The van der Waals surface area contributed by atoms with Crippen molar-refractivity contribution < 1.29 is 4.79 Å². The van der Waals surface area contributed by atoms with E-state index < -0.39 is 0 Å². The molecule has 0 aromatic heterocycles. The van der Waals surface area contributed by atoms with E-state index in [0.29, 0.717) is 6.42 Å². The highest BCUT2D eigenvalue weighted by Gasteiger charge is 2.14. The molecule has 1 heterocycles. The Bertz CT molecular complexity index is 176. The lowest BCUT2D eigenvalue weighted by Gasteiger charge is -2.20. The highest BCUT2D eigenvalue weighted by Crippen LogP contribution is 2.19. The number of hydrogen-bond donors (Lipinski definition) is 0. The van der Waals surface area contributed by atoms with Crippen LogP contribution in [0.25, 0.3) is 0 Å². The van der Waals surface area contributed by atoms with E-state index in [1.807, 2.05) is 13.1 Å². The molecule has 56 valence electrons. The SMILES string of the molecule is CCN1C=C(Br)CCC1=O. The van der Waals surface area contributed by atoms with E-state index in [2.05, 4.69) is 15.9 Å². The van der Waals surface area contributed by atoms with Crippen molar-refractivity contribution in [2.75, 3.05) is 6.54 Å². The van der Waals surface area contributed by atoms with Gasteiger partial charge in [0.25, 0.3) is 0 Å². The molecule has 0 saturated carbocycles. The van der Waals surface area contributed by atoms with E-state index in [-0.39, 0.29) is 5.91 Å². The first-order chi connectivity index (χ1) is 4.74. The van der Waals surface area contributed by atoms with Crippen molar-refractivity contribution in [2.45, 2.75) is 19.8 Å². The summed E-state index contributed by atoms with van der Waals surface area (Å²) in [6, 6.07) is 0. The number of halogens is 1. The Labute approximate surface area is 69.0 Å². The lowest BCUT2D eigenvalue weighted by atomic mass is 10.2. The molecule has 0 radical (unpaired) electrons. The number of allylic oxidation sites excluding steroid dienone is 1. The minimum absolute atomic E-state index is 0.228. The minimum atomic E-state index is 0.228. The maximum atomic E-state index is 11.0. The Hall–Kier alpha value is -0.310. The van der Waals surface area contributed by atoms with Crippen molar-refractivity contribution in [3.8, 4) is 0 Å². The van der Waals surface area contributed by atoms with Gasteiger partial charge in [0.1, 0.15) is 0 Å². The second-order valence-electron chi connectivity index (χ2n) is 2.26. The molecule has 0 bridgehead atoms. The maximum absolute atomic E-state index is 11.0. The van der Waals surface area contributed by atoms with Crippen molar-refractivity contribution in [1.29, 1.82) is 0 Å². The molecule has 1 aliphatic heterocycles. The summed E-state index contributed by atoms with van der Waals surface area (Å²) >= 11 is 3.36. The zero-order valence-electron chi connectivity index (χ0n) is 5.93. The maximum Gasteiger partial charge on any atom is 0.226 e. The van der Waals surface area contributed by atoms with E-state index in [1.165, 1.54) is 0 Å². The fraction of sp³-hybridized carbons (Fsp3) is 0.571. The zero-order chi connectivity index (χ0) is 7.56. The van der Waals surface area contributed by atoms with Gasteiger partial charge in [-0.1, -0.05) is 15.9 Å². The van der Waals surface area contributed by atoms with E-state index in [0.717, 1.165) is 17.4 Å². The predicted molar refractivity (Wildman–Crippen MR) is 43.6 cm³/mol. The highest BCUT2D eigenvalue weighted by molar-refractivity contribution is 9.11. The number of amides is 1. The molecule has 1 rings (SSSR count). The van der Waals surface area contributed by atoms with Gasteiger partial charge in [0.05, 0.1) is 0 Å². The third-order valence-corrected chi connectivity index (χ3v) is 2.14. The highest BCUT2D eigenvalue weighted by atomic mass is 79.9. The monoisotopic (exact) mass is 203 g/mol. The van der Waals surface area contributed by atoms with Gasteiger partial charge in [-0.15, -0.1) is 0 Å². The van der Waals surface area contributed by atoms with Crippen LogP contribution in [0.15, 0.2) is 10.7 Å². The summed E-state index contributed by atoms with van der Waals surface area (Å²) < 4.78 is 1.12. The zero-order valence-corrected chi connectivity index (χ0v) is 7.52. The van der Waals surface area contributed by atoms with Crippen LogP contribution in [0, 0.1) is 0 Å². The fourth-order valence-electron chi connectivity index (χ4n) is 0.943. The van der Waals surface area contributed by atoms with Crippen LogP contribution in [0.4, 0.5) is 0 Å². The molecule has 1 amide bonds. The molecule has 0 saturated heterocycles. The van der Waals surface area contributed by atoms with Gasteiger partial charge >= 0.3 is 0 Å². The topological polar surface area (TPSA) is 20.3 Å². The van der Waals surface area contributed by atoms with Gasteiger partial charge in [0, 0.05) is 23.6 Å². The van der Waals surface area contributed by atoms with Crippen LogP contribution in [-0.4, -0.2) is 17.4 Å². The van der Waals surface area contributed by atoms with Crippen LogP contribution < -0.4 is 0 Å². The number of rotatable bonds is 1. The smallest absolute Gasteiger partial charge is 0.226 e. The third kappa shape index (κ3) is 1.59. The molecule has 0 aromatic rings. The molecule has 0 spiro atoms. The summed E-state index contributed by atoms with van der Waals surface area (Å²) in [6.45, 7) is 2.74. The van der Waals surface area contributed by atoms with Gasteiger partial charge in [0.15, 0.2) is 0 Å². The second kappa shape index (κ2) is 3.19. The normalized spacial score (nSPS) is 19.2. The molecule has 0 N–H and O–H groups in total. The van der Waals surface area contributed by atoms with E-state index in [4.69, 9.17) is 0 Å². The summed E-state index contributed by atoms with van der Waals surface area (Å²) in [4.78, 5) is 12.8. The van der Waals surface area contributed by atoms with Crippen LogP contribution in [-0.2, 0) is 4.79 Å². The fourth-order valence-corrected chi connectivity index (χ4v) is 1.39. The molecular weight excluding hydrogens is 194 g/mol. The largest absolute Gasteiger partial charge is 0.319 e. The molecule has 2 nitrogen and oxygen atoms in total. The molecule has 0 aliphatic carbocycles. The van der Waals surface area contributed by atoms with Gasteiger partial charge in [-0.05, 0) is 13.3 Å². The van der Waals surface area contributed by atoms with Crippen molar-refractivity contribution >= 4 is 21.8 Å². The number of carbonyl (C=O) groups excluding carboxylic acids is 1. The van der Waals surface area contributed by atoms with Crippen LogP contribution in [0.5, 0.6) is 0 Å². The molecular formula is C7H10BrNO. The van der Waals surface area contributed by atoms with Crippen molar-refractivity contribution in [3.05, 3.63) is 10.7 Å². The molecule has 1 aliphatic rings. The van der Waals surface area contributed by atoms with Crippen molar-refractivity contribution in [3.63, 3.8) is 0 Å². The van der Waals surface area contributed by atoms with Crippen LogP contribution in [0.2, 0.25) is 0 Å². The molecule has 10 heavy (non-hydrogen) atoms. The summed E-state index contributed by atoms with van der Waals surface area (Å²) in [5.41, 5.74) is 0. The first-order valence-electron chi connectivity index (χ1n) is 3.39. The Morgan fingerprint density at radius 2 is 2.40 bits per heavy atom. The standard InChI is InChI=1S/C7H10BrNO/c1-2-9-5-6(8)3-4-7(9)10/h5H,2-4H2,1H3. The second-order valence-corrected chi connectivity index (χ2v) is 3.27. The minimum Gasteiger partial charge on any atom is -0.319 e. The average molecular weight is 204 g/mol. The summed E-state index contributed by atoms with van der Waals surface area (Å²) in [5.74, 6) is 0.228. The van der Waals surface area contributed by atoms with Crippen LogP contribution >= 0.6 is 15.9 Å². The first-order valence-corrected chi connectivity index (χ1v) is 4.19. The number of carbonyl (C=O) groups is 1. The van der Waals surface area contributed by atoms with Crippen LogP contribution in [0.1, 0.15) is 19.8 Å². The van der Waals surface area contributed by atoms with Gasteiger partial charge in [-0.3, -0.25) is 4.79 Å². The van der Waals surface area contributed by atoms with Crippen LogP contribution in [0.3, 0.4) is 0 Å². The molecule has 0 unspecified atom stereocenters. The van der Waals surface area contributed by atoms with E-state index in [1.54, 1.807) is 4.90 Å². The summed E-state index contributed by atoms with van der Waals surface area (Å²) in [5, 5.41) is 0. The Morgan fingerprint density at radius 1 is 1.70 bits per heavy atom. The molecule has 0 atom stereocenters. The third-order valence-electron chi connectivity index (χ3n) is 1.53. The number of hydrogen-bond acceptors (Lipinski definition) is 1. The number of nitrogens with zero attached hydrogens (tertiary/aromatic N) is 1. The predicted octanol–water partition coefficient (Wildman–Crippen LogP) is 1.86.